The zero-order chi connectivity index (χ0) is 14.0. The molecule has 19 heavy (non-hydrogen) atoms. The van der Waals surface area contributed by atoms with Crippen molar-refractivity contribution in [1.29, 1.82) is 0 Å². The molecule has 2 rings (SSSR count). The summed E-state index contributed by atoms with van der Waals surface area (Å²) >= 11 is 1.55. The van der Waals surface area contributed by atoms with E-state index in [4.69, 9.17) is 4.52 Å². The van der Waals surface area contributed by atoms with E-state index in [2.05, 4.69) is 15.5 Å². The fourth-order valence-corrected chi connectivity index (χ4v) is 2.04. The standard InChI is InChI=1S/C13H17N3O2S/c1-8(14-12(17)13(2,3)4)11-15-10(16-18-11)9-6-5-7-19-9/h5-8H,1-4H3,(H,14,17). The van der Waals surface area contributed by atoms with Gasteiger partial charge in [-0.05, 0) is 18.4 Å². The Labute approximate surface area is 116 Å². The van der Waals surface area contributed by atoms with Gasteiger partial charge in [0.15, 0.2) is 0 Å². The van der Waals surface area contributed by atoms with Crippen LogP contribution in [0.5, 0.6) is 0 Å². The number of aromatic nitrogens is 2. The van der Waals surface area contributed by atoms with Gasteiger partial charge in [-0.15, -0.1) is 11.3 Å². The van der Waals surface area contributed by atoms with Crippen LogP contribution in [0.4, 0.5) is 0 Å². The summed E-state index contributed by atoms with van der Waals surface area (Å²) in [5, 5.41) is 8.74. The van der Waals surface area contributed by atoms with Crippen molar-refractivity contribution in [3.05, 3.63) is 23.4 Å². The molecule has 0 radical (unpaired) electrons. The maximum absolute atomic E-state index is 11.9. The van der Waals surface area contributed by atoms with Crippen molar-refractivity contribution in [2.75, 3.05) is 0 Å². The molecule has 5 nitrogen and oxygen atoms in total. The lowest BCUT2D eigenvalue weighted by Crippen LogP contribution is -2.36. The van der Waals surface area contributed by atoms with Crippen LogP contribution in [0.15, 0.2) is 22.0 Å². The van der Waals surface area contributed by atoms with Crippen LogP contribution in [0.25, 0.3) is 10.7 Å². The summed E-state index contributed by atoms with van der Waals surface area (Å²) in [6, 6.07) is 3.56. The van der Waals surface area contributed by atoms with Crippen LogP contribution in [0.2, 0.25) is 0 Å². The molecular weight excluding hydrogens is 262 g/mol. The number of amides is 1. The van der Waals surface area contributed by atoms with E-state index in [0.29, 0.717) is 11.7 Å². The van der Waals surface area contributed by atoms with Gasteiger partial charge in [0.1, 0.15) is 6.04 Å². The van der Waals surface area contributed by atoms with E-state index in [1.807, 2.05) is 45.2 Å². The van der Waals surface area contributed by atoms with Gasteiger partial charge in [-0.2, -0.15) is 4.98 Å². The van der Waals surface area contributed by atoms with Crippen molar-refractivity contribution < 1.29 is 9.32 Å². The Balaban J connectivity index is 2.09. The molecule has 2 aromatic heterocycles. The highest BCUT2D eigenvalue weighted by molar-refractivity contribution is 7.13. The summed E-state index contributed by atoms with van der Waals surface area (Å²) in [6.07, 6.45) is 0. The summed E-state index contributed by atoms with van der Waals surface area (Å²) in [5.74, 6) is 0.929. The third-order valence-corrected chi connectivity index (χ3v) is 3.45. The Hall–Kier alpha value is -1.69. The number of thiophene rings is 1. The molecule has 0 fully saturated rings. The average Bonchev–Trinajstić information content (AvgIpc) is 2.98. The summed E-state index contributed by atoms with van der Waals surface area (Å²) in [7, 11) is 0. The molecule has 2 heterocycles. The lowest BCUT2D eigenvalue weighted by Gasteiger charge is -2.19. The first kappa shape index (κ1) is 13.7. The van der Waals surface area contributed by atoms with Gasteiger partial charge in [-0.1, -0.05) is 32.0 Å². The van der Waals surface area contributed by atoms with Crippen LogP contribution in [-0.2, 0) is 4.79 Å². The predicted molar refractivity (Wildman–Crippen MR) is 73.6 cm³/mol. The summed E-state index contributed by atoms with van der Waals surface area (Å²) in [4.78, 5) is 17.1. The Morgan fingerprint density at radius 3 is 2.79 bits per heavy atom. The van der Waals surface area contributed by atoms with Gasteiger partial charge in [-0.25, -0.2) is 0 Å². The van der Waals surface area contributed by atoms with E-state index in [0.717, 1.165) is 4.88 Å². The maximum Gasteiger partial charge on any atom is 0.249 e. The van der Waals surface area contributed by atoms with Gasteiger partial charge in [0.25, 0.3) is 0 Å². The van der Waals surface area contributed by atoms with E-state index < -0.39 is 5.41 Å². The molecule has 0 aliphatic rings. The molecule has 0 spiro atoms. The first-order chi connectivity index (χ1) is 8.88. The lowest BCUT2D eigenvalue weighted by atomic mass is 9.95. The third kappa shape index (κ3) is 3.20. The van der Waals surface area contributed by atoms with Crippen molar-refractivity contribution in [3.63, 3.8) is 0 Å². The van der Waals surface area contributed by atoms with Crippen LogP contribution in [0, 0.1) is 5.41 Å². The zero-order valence-electron chi connectivity index (χ0n) is 11.4. The normalized spacial score (nSPS) is 13.3. The largest absolute Gasteiger partial charge is 0.344 e. The number of nitrogens with one attached hydrogen (secondary N) is 1. The molecule has 6 heteroatoms. The second kappa shape index (κ2) is 5.13. The quantitative estimate of drug-likeness (QED) is 0.937. The minimum Gasteiger partial charge on any atom is -0.344 e. The summed E-state index contributed by atoms with van der Waals surface area (Å²) in [5.41, 5.74) is -0.440. The molecule has 0 bridgehead atoms. The molecule has 0 aliphatic carbocycles. The topological polar surface area (TPSA) is 68.0 Å². The van der Waals surface area contributed by atoms with Crippen molar-refractivity contribution in [1.82, 2.24) is 15.5 Å². The predicted octanol–water partition coefficient (Wildman–Crippen LogP) is 3.02. The monoisotopic (exact) mass is 279 g/mol. The molecule has 102 valence electrons. The molecule has 1 atom stereocenters. The van der Waals surface area contributed by atoms with Crippen LogP contribution < -0.4 is 5.32 Å². The molecule has 0 saturated heterocycles. The van der Waals surface area contributed by atoms with Gasteiger partial charge in [-0.3, -0.25) is 4.79 Å². The van der Waals surface area contributed by atoms with Crippen LogP contribution in [0.3, 0.4) is 0 Å². The van der Waals surface area contributed by atoms with Crippen molar-refractivity contribution >= 4 is 17.2 Å². The highest BCUT2D eigenvalue weighted by Gasteiger charge is 2.25. The van der Waals surface area contributed by atoms with Crippen molar-refractivity contribution in [2.45, 2.75) is 33.7 Å². The fourth-order valence-electron chi connectivity index (χ4n) is 1.39. The number of nitrogens with zero attached hydrogens (tertiary/aromatic N) is 2. The SMILES string of the molecule is CC(NC(=O)C(C)(C)C)c1nc(-c2cccs2)no1. The Morgan fingerprint density at radius 2 is 2.21 bits per heavy atom. The van der Waals surface area contributed by atoms with E-state index in [1.54, 1.807) is 11.3 Å². The molecular formula is C13H17N3O2S. The van der Waals surface area contributed by atoms with Crippen LogP contribution in [0.1, 0.15) is 39.6 Å². The van der Waals surface area contributed by atoms with E-state index in [1.165, 1.54) is 0 Å². The second-order valence-corrected chi connectivity index (χ2v) is 6.33. The minimum atomic E-state index is -0.440. The Bertz CT molecular complexity index is 555. The highest BCUT2D eigenvalue weighted by atomic mass is 32.1. The highest BCUT2D eigenvalue weighted by Crippen LogP contribution is 2.23. The molecule has 2 aromatic rings. The van der Waals surface area contributed by atoms with E-state index in [9.17, 15) is 4.79 Å². The number of carbonyl (C=O) groups is 1. The number of hydrogen-bond donors (Lipinski definition) is 1. The second-order valence-electron chi connectivity index (χ2n) is 5.38. The van der Waals surface area contributed by atoms with E-state index >= 15 is 0 Å². The fraction of sp³-hybridized carbons (Fsp3) is 0.462. The summed E-state index contributed by atoms with van der Waals surface area (Å²) in [6.45, 7) is 7.41. The summed E-state index contributed by atoms with van der Waals surface area (Å²) < 4.78 is 5.19. The molecule has 0 saturated carbocycles. The molecule has 1 N–H and O–H groups in total. The van der Waals surface area contributed by atoms with E-state index in [-0.39, 0.29) is 11.9 Å². The maximum atomic E-state index is 11.9. The number of rotatable bonds is 3. The number of hydrogen-bond acceptors (Lipinski definition) is 5. The molecule has 0 aliphatic heterocycles. The van der Waals surface area contributed by atoms with Gasteiger partial charge in [0.05, 0.1) is 4.88 Å². The first-order valence-electron chi connectivity index (χ1n) is 6.06. The van der Waals surface area contributed by atoms with Gasteiger partial charge in [0, 0.05) is 5.41 Å². The minimum absolute atomic E-state index is 0.0455. The Morgan fingerprint density at radius 1 is 1.47 bits per heavy atom. The van der Waals surface area contributed by atoms with Gasteiger partial charge >= 0.3 is 0 Å². The van der Waals surface area contributed by atoms with Gasteiger partial charge in [0.2, 0.25) is 17.6 Å². The molecule has 0 aromatic carbocycles. The van der Waals surface area contributed by atoms with Crippen molar-refractivity contribution in [3.8, 4) is 10.7 Å². The zero-order valence-corrected chi connectivity index (χ0v) is 12.2. The average molecular weight is 279 g/mol. The lowest BCUT2D eigenvalue weighted by molar-refractivity contribution is -0.129. The molecule has 1 amide bonds. The van der Waals surface area contributed by atoms with Gasteiger partial charge < -0.3 is 9.84 Å². The first-order valence-corrected chi connectivity index (χ1v) is 6.94. The molecule has 1 unspecified atom stereocenters. The smallest absolute Gasteiger partial charge is 0.249 e. The number of carbonyl (C=O) groups excluding carboxylic acids is 1. The Kier molecular flexibility index (Phi) is 3.71. The van der Waals surface area contributed by atoms with Crippen LogP contribution in [-0.4, -0.2) is 16.0 Å². The third-order valence-electron chi connectivity index (χ3n) is 2.58. The van der Waals surface area contributed by atoms with Crippen molar-refractivity contribution in [2.24, 2.45) is 5.41 Å². The van der Waals surface area contributed by atoms with Crippen LogP contribution >= 0.6 is 11.3 Å².